The van der Waals surface area contributed by atoms with Crippen molar-refractivity contribution >= 4 is 23.2 Å². The molecule has 0 fully saturated rings. The third kappa shape index (κ3) is 3.59. The number of benzene rings is 3. The van der Waals surface area contributed by atoms with Gasteiger partial charge in [0.2, 0.25) is 5.82 Å². The average molecular weight is 376 g/mol. The van der Waals surface area contributed by atoms with Crippen molar-refractivity contribution in [1.82, 2.24) is 10.1 Å². The first-order valence-electron chi connectivity index (χ1n) is 8.27. The Morgan fingerprint density at radius 3 is 2.30 bits per heavy atom. The van der Waals surface area contributed by atoms with Crippen LogP contribution in [0.15, 0.2) is 83.4 Å². The fourth-order valence-corrected chi connectivity index (χ4v) is 2.87. The lowest BCUT2D eigenvalue weighted by Crippen LogP contribution is -2.12. The van der Waals surface area contributed by atoms with Crippen LogP contribution in [-0.2, 0) is 0 Å². The van der Waals surface area contributed by atoms with Gasteiger partial charge in [-0.25, -0.2) is 0 Å². The fraction of sp³-hybridized carbons (Fsp3) is 0. The smallest absolute Gasteiger partial charge is 0.260 e. The third-order valence-electron chi connectivity index (χ3n) is 3.98. The number of hydrogen-bond acceptors (Lipinski definition) is 4. The van der Waals surface area contributed by atoms with Crippen LogP contribution in [0.3, 0.4) is 0 Å². The molecule has 0 spiro atoms. The van der Waals surface area contributed by atoms with Crippen LogP contribution in [0.4, 0.5) is 5.69 Å². The molecule has 3 aromatic carbocycles. The summed E-state index contributed by atoms with van der Waals surface area (Å²) in [6, 6.07) is 23.5. The van der Waals surface area contributed by atoms with Gasteiger partial charge < -0.3 is 9.84 Å². The van der Waals surface area contributed by atoms with E-state index in [0.717, 1.165) is 0 Å². The van der Waals surface area contributed by atoms with Gasteiger partial charge in [0.05, 0.1) is 16.3 Å². The Bertz CT molecular complexity index is 1090. The van der Waals surface area contributed by atoms with E-state index in [1.807, 2.05) is 54.6 Å². The molecule has 0 aliphatic rings. The van der Waals surface area contributed by atoms with Gasteiger partial charge in [-0.1, -0.05) is 59.2 Å². The molecule has 0 aliphatic heterocycles. The zero-order valence-electron chi connectivity index (χ0n) is 14.1. The predicted molar refractivity (Wildman–Crippen MR) is 105 cm³/mol. The number of nitrogens with one attached hydrogen (secondary N) is 1. The van der Waals surface area contributed by atoms with Crippen molar-refractivity contribution in [1.29, 1.82) is 0 Å². The second-order valence-corrected chi connectivity index (χ2v) is 6.18. The van der Waals surface area contributed by atoms with Crippen molar-refractivity contribution in [2.24, 2.45) is 0 Å². The van der Waals surface area contributed by atoms with Gasteiger partial charge in [0.15, 0.2) is 0 Å². The third-order valence-corrected chi connectivity index (χ3v) is 4.31. The maximum Gasteiger partial charge on any atom is 0.260 e. The summed E-state index contributed by atoms with van der Waals surface area (Å²) in [4.78, 5) is 16.9. The number of nitrogens with zero attached hydrogens (tertiary/aromatic N) is 2. The van der Waals surface area contributed by atoms with Gasteiger partial charge in [0, 0.05) is 11.1 Å². The van der Waals surface area contributed by atoms with Gasteiger partial charge in [-0.05, 0) is 36.4 Å². The molecular formula is C21H14ClN3O2. The molecule has 0 saturated heterocycles. The molecule has 1 amide bonds. The van der Waals surface area contributed by atoms with Crippen molar-refractivity contribution in [2.75, 3.05) is 5.32 Å². The number of para-hydroxylation sites is 1. The number of carbonyl (C=O) groups excluding carboxylic acids is 1. The van der Waals surface area contributed by atoms with Crippen molar-refractivity contribution in [3.8, 4) is 22.8 Å². The van der Waals surface area contributed by atoms with Crippen LogP contribution < -0.4 is 5.32 Å². The van der Waals surface area contributed by atoms with E-state index in [4.69, 9.17) is 16.1 Å². The minimum Gasteiger partial charge on any atom is -0.334 e. The Morgan fingerprint density at radius 1 is 0.852 bits per heavy atom. The van der Waals surface area contributed by atoms with E-state index >= 15 is 0 Å². The van der Waals surface area contributed by atoms with Crippen molar-refractivity contribution in [3.05, 3.63) is 89.4 Å². The lowest BCUT2D eigenvalue weighted by Gasteiger charge is -2.08. The molecule has 5 nitrogen and oxygen atoms in total. The number of carbonyl (C=O) groups is 1. The van der Waals surface area contributed by atoms with Gasteiger partial charge in [-0.3, -0.25) is 4.79 Å². The van der Waals surface area contributed by atoms with Gasteiger partial charge in [-0.2, -0.15) is 4.98 Å². The highest BCUT2D eigenvalue weighted by atomic mass is 35.5. The molecular weight excluding hydrogens is 362 g/mol. The Labute approximate surface area is 160 Å². The van der Waals surface area contributed by atoms with Crippen molar-refractivity contribution in [2.45, 2.75) is 0 Å². The van der Waals surface area contributed by atoms with Gasteiger partial charge in [0.1, 0.15) is 0 Å². The Kier molecular flexibility index (Phi) is 4.68. The zero-order chi connectivity index (χ0) is 18.6. The summed E-state index contributed by atoms with van der Waals surface area (Å²) in [5.74, 6) is 0.475. The molecule has 0 saturated carbocycles. The maximum atomic E-state index is 12.5. The van der Waals surface area contributed by atoms with Crippen molar-refractivity contribution in [3.63, 3.8) is 0 Å². The van der Waals surface area contributed by atoms with E-state index in [2.05, 4.69) is 15.5 Å². The lowest BCUT2D eigenvalue weighted by molar-refractivity contribution is 0.102. The monoisotopic (exact) mass is 375 g/mol. The molecule has 4 rings (SSSR count). The highest BCUT2D eigenvalue weighted by molar-refractivity contribution is 6.33. The molecule has 132 valence electrons. The highest BCUT2D eigenvalue weighted by Gasteiger charge is 2.17. The topological polar surface area (TPSA) is 68.0 Å². The van der Waals surface area contributed by atoms with E-state index in [1.165, 1.54) is 0 Å². The van der Waals surface area contributed by atoms with Crippen molar-refractivity contribution < 1.29 is 9.32 Å². The highest BCUT2D eigenvalue weighted by Crippen LogP contribution is 2.31. The van der Waals surface area contributed by atoms with Crippen LogP contribution in [0.25, 0.3) is 22.8 Å². The quantitative estimate of drug-likeness (QED) is 0.525. The zero-order valence-corrected chi connectivity index (χ0v) is 14.9. The molecule has 0 atom stereocenters. The van der Waals surface area contributed by atoms with E-state index < -0.39 is 0 Å². The first kappa shape index (κ1) is 17.0. The van der Waals surface area contributed by atoms with E-state index in [0.29, 0.717) is 39.1 Å². The second kappa shape index (κ2) is 7.43. The SMILES string of the molecule is O=C(Nc1ccccc1-c1nc(-c2ccccc2Cl)no1)c1ccccc1. The Balaban J connectivity index is 1.66. The summed E-state index contributed by atoms with van der Waals surface area (Å²) in [6.45, 7) is 0. The van der Waals surface area contributed by atoms with Crippen LogP contribution in [-0.4, -0.2) is 16.0 Å². The minimum absolute atomic E-state index is 0.214. The molecule has 0 unspecified atom stereocenters. The van der Waals surface area contributed by atoms with Gasteiger partial charge in [0.25, 0.3) is 11.8 Å². The van der Waals surface area contributed by atoms with Gasteiger partial charge >= 0.3 is 0 Å². The standard InChI is InChI=1S/C21H14ClN3O2/c22-17-12-6-4-10-15(17)19-24-21(27-25-19)16-11-5-7-13-18(16)23-20(26)14-8-2-1-3-9-14/h1-13H,(H,23,26). The van der Waals surface area contributed by atoms with E-state index in [-0.39, 0.29) is 5.91 Å². The number of hydrogen-bond donors (Lipinski definition) is 1. The molecule has 0 radical (unpaired) electrons. The Hall–Kier alpha value is -3.44. The first-order chi connectivity index (χ1) is 13.2. The fourth-order valence-electron chi connectivity index (χ4n) is 2.65. The van der Waals surface area contributed by atoms with Crippen LogP contribution in [0.1, 0.15) is 10.4 Å². The molecule has 0 bridgehead atoms. The molecule has 1 N–H and O–H groups in total. The van der Waals surface area contributed by atoms with Crippen LogP contribution in [0, 0.1) is 0 Å². The molecule has 27 heavy (non-hydrogen) atoms. The minimum atomic E-state index is -0.214. The summed E-state index contributed by atoms with van der Waals surface area (Å²) in [7, 11) is 0. The normalized spacial score (nSPS) is 10.6. The number of halogens is 1. The molecule has 0 aliphatic carbocycles. The summed E-state index contributed by atoms with van der Waals surface area (Å²) in [6.07, 6.45) is 0. The van der Waals surface area contributed by atoms with Crippen LogP contribution in [0.5, 0.6) is 0 Å². The number of aromatic nitrogens is 2. The predicted octanol–water partition coefficient (Wildman–Crippen LogP) is 5.31. The number of anilines is 1. The first-order valence-corrected chi connectivity index (χ1v) is 8.64. The molecule has 1 aromatic heterocycles. The maximum absolute atomic E-state index is 12.5. The van der Waals surface area contributed by atoms with Crippen LogP contribution >= 0.6 is 11.6 Å². The van der Waals surface area contributed by atoms with Gasteiger partial charge in [-0.15, -0.1) is 0 Å². The summed E-state index contributed by atoms with van der Waals surface area (Å²) in [5.41, 5.74) is 2.46. The summed E-state index contributed by atoms with van der Waals surface area (Å²) >= 11 is 6.20. The van der Waals surface area contributed by atoms with Crippen LogP contribution in [0.2, 0.25) is 5.02 Å². The average Bonchev–Trinajstić information content (AvgIpc) is 3.19. The number of amides is 1. The van der Waals surface area contributed by atoms with E-state index in [9.17, 15) is 4.79 Å². The molecule has 6 heteroatoms. The summed E-state index contributed by atoms with van der Waals surface area (Å²) in [5, 5.41) is 7.45. The largest absolute Gasteiger partial charge is 0.334 e. The second-order valence-electron chi connectivity index (χ2n) is 5.77. The van der Waals surface area contributed by atoms with E-state index in [1.54, 1.807) is 24.3 Å². The molecule has 1 heterocycles. The molecule has 4 aromatic rings. The lowest BCUT2D eigenvalue weighted by atomic mass is 10.1. The Morgan fingerprint density at radius 2 is 1.52 bits per heavy atom. The summed E-state index contributed by atoms with van der Waals surface area (Å²) < 4.78 is 5.42. The number of rotatable bonds is 4.